The van der Waals surface area contributed by atoms with E-state index in [1.54, 1.807) is 0 Å². The Balaban J connectivity index is 2.86. The monoisotopic (exact) mass is 284 g/mol. The predicted octanol–water partition coefficient (Wildman–Crippen LogP) is 3.79. The molecule has 1 rings (SSSR count). The van der Waals surface area contributed by atoms with Gasteiger partial charge in [-0.1, -0.05) is 25.4 Å². The van der Waals surface area contributed by atoms with Gasteiger partial charge in [0, 0.05) is 11.4 Å². The van der Waals surface area contributed by atoms with Gasteiger partial charge < -0.3 is 9.47 Å². The molecule has 0 spiro atoms. The molecule has 4 heteroatoms. The minimum absolute atomic E-state index is 0.230. The Bertz CT molecular complexity index is 441. The number of ether oxygens (including phenoxy) is 2. The van der Waals surface area contributed by atoms with E-state index in [0.29, 0.717) is 30.4 Å². The summed E-state index contributed by atoms with van der Waals surface area (Å²) in [6.45, 7) is 6.77. The van der Waals surface area contributed by atoms with Crippen molar-refractivity contribution < 1.29 is 14.3 Å². The molecule has 0 unspecified atom stereocenters. The van der Waals surface area contributed by atoms with E-state index >= 15 is 0 Å². The molecule has 0 aliphatic rings. The molecular formula is C15H21ClO3. The third-order valence-electron chi connectivity index (χ3n) is 2.74. The predicted molar refractivity (Wildman–Crippen MR) is 76.9 cm³/mol. The highest BCUT2D eigenvalue weighted by Gasteiger charge is 2.11. The van der Waals surface area contributed by atoms with Crippen molar-refractivity contribution in [3.05, 3.63) is 28.3 Å². The van der Waals surface area contributed by atoms with Crippen molar-refractivity contribution in [1.82, 2.24) is 0 Å². The third-order valence-corrected chi connectivity index (χ3v) is 3.15. The summed E-state index contributed by atoms with van der Waals surface area (Å²) < 4.78 is 10.4. The van der Waals surface area contributed by atoms with Crippen LogP contribution in [0.4, 0.5) is 0 Å². The molecule has 0 atom stereocenters. The van der Waals surface area contributed by atoms with Crippen molar-refractivity contribution in [3.63, 3.8) is 0 Å². The van der Waals surface area contributed by atoms with Crippen LogP contribution in [-0.4, -0.2) is 19.7 Å². The van der Waals surface area contributed by atoms with Crippen LogP contribution in [0.2, 0.25) is 5.02 Å². The highest BCUT2D eigenvalue weighted by Crippen LogP contribution is 2.28. The lowest BCUT2D eigenvalue weighted by molar-refractivity contribution is -0.140. The number of carbonyl (C=O) groups is 1. The summed E-state index contributed by atoms with van der Waals surface area (Å²) >= 11 is 6.13. The van der Waals surface area contributed by atoms with Crippen LogP contribution in [0, 0.1) is 12.8 Å². The first-order chi connectivity index (χ1) is 8.93. The molecule has 0 fully saturated rings. The summed E-state index contributed by atoms with van der Waals surface area (Å²) in [4.78, 5) is 11.2. The number of esters is 1. The zero-order valence-electron chi connectivity index (χ0n) is 12.0. The number of hydrogen-bond donors (Lipinski definition) is 0. The zero-order valence-corrected chi connectivity index (χ0v) is 12.7. The molecule has 1 aromatic rings. The van der Waals surface area contributed by atoms with Crippen LogP contribution < -0.4 is 4.74 Å². The van der Waals surface area contributed by atoms with Crippen molar-refractivity contribution >= 4 is 17.6 Å². The second kappa shape index (κ2) is 7.39. The van der Waals surface area contributed by atoms with Crippen LogP contribution in [0.15, 0.2) is 12.1 Å². The molecule has 19 heavy (non-hydrogen) atoms. The maximum absolute atomic E-state index is 11.2. The Hall–Kier alpha value is -1.22. The molecule has 0 aliphatic heterocycles. The summed E-state index contributed by atoms with van der Waals surface area (Å²) in [5.74, 6) is 1.02. The fourth-order valence-electron chi connectivity index (χ4n) is 1.62. The van der Waals surface area contributed by atoms with Crippen molar-refractivity contribution in [2.24, 2.45) is 5.92 Å². The van der Waals surface area contributed by atoms with Crippen molar-refractivity contribution in [3.8, 4) is 5.75 Å². The maximum atomic E-state index is 11.2. The average Bonchev–Trinajstić information content (AvgIpc) is 2.37. The highest BCUT2D eigenvalue weighted by molar-refractivity contribution is 6.31. The average molecular weight is 285 g/mol. The minimum atomic E-state index is -0.230. The van der Waals surface area contributed by atoms with E-state index in [-0.39, 0.29) is 5.97 Å². The fraction of sp³-hybridized carbons (Fsp3) is 0.533. The molecule has 0 aliphatic carbocycles. The van der Waals surface area contributed by atoms with Crippen molar-refractivity contribution in [2.75, 3.05) is 13.7 Å². The Morgan fingerprint density at radius 2 is 2.05 bits per heavy atom. The number of carbonyl (C=O) groups excluding carboxylic acids is 1. The molecule has 0 N–H and O–H groups in total. The van der Waals surface area contributed by atoms with Crippen LogP contribution in [0.3, 0.4) is 0 Å². The smallest absolute Gasteiger partial charge is 0.305 e. The number of methoxy groups -OCH3 is 1. The summed E-state index contributed by atoms with van der Waals surface area (Å²) in [7, 11) is 1.39. The number of hydrogen-bond acceptors (Lipinski definition) is 3. The van der Waals surface area contributed by atoms with Crippen LogP contribution in [0.25, 0.3) is 0 Å². The van der Waals surface area contributed by atoms with Gasteiger partial charge in [0.25, 0.3) is 0 Å². The summed E-state index contributed by atoms with van der Waals surface area (Å²) in [5.41, 5.74) is 1.92. The van der Waals surface area contributed by atoms with Gasteiger partial charge in [-0.05, 0) is 42.5 Å². The summed E-state index contributed by atoms with van der Waals surface area (Å²) in [5, 5.41) is 0.691. The van der Waals surface area contributed by atoms with Gasteiger partial charge in [0.05, 0.1) is 13.7 Å². The highest BCUT2D eigenvalue weighted by atomic mass is 35.5. The van der Waals surface area contributed by atoms with Gasteiger partial charge in [0.1, 0.15) is 5.75 Å². The Kier molecular flexibility index (Phi) is 6.16. The molecular weight excluding hydrogens is 264 g/mol. The molecule has 0 heterocycles. The Labute approximate surface area is 119 Å². The molecule has 3 nitrogen and oxygen atoms in total. The first-order valence-electron chi connectivity index (χ1n) is 6.42. The molecule has 0 amide bonds. The van der Waals surface area contributed by atoms with E-state index in [9.17, 15) is 4.79 Å². The van der Waals surface area contributed by atoms with E-state index in [2.05, 4.69) is 18.6 Å². The number of halogens is 1. The first-order valence-corrected chi connectivity index (χ1v) is 6.80. The molecule has 106 valence electrons. The summed E-state index contributed by atoms with van der Waals surface area (Å²) in [6, 6.07) is 3.80. The van der Waals surface area contributed by atoms with Crippen molar-refractivity contribution in [1.29, 1.82) is 0 Å². The molecule has 0 saturated heterocycles. The third kappa shape index (κ3) is 5.11. The molecule has 0 saturated carbocycles. The number of benzene rings is 1. The Morgan fingerprint density at radius 3 is 2.63 bits per heavy atom. The van der Waals surface area contributed by atoms with E-state index < -0.39 is 0 Å². The quantitative estimate of drug-likeness (QED) is 0.746. The standard InChI is InChI=1S/C15H21ClO3/c1-10(2)9-19-14-7-11(3)13(16)8-12(14)5-6-15(17)18-4/h7-8,10H,5-6,9H2,1-4H3. The largest absolute Gasteiger partial charge is 0.493 e. The van der Waals surface area contributed by atoms with Crippen molar-refractivity contribution in [2.45, 2.75) is 33.6 Å². The van der Waals surface area contributed by atoms with Crippen LogP contribution in [0.1, 0.15) is 31.4 Å². The van der Waals surface area contributed by atoms with Gasteiger partial charge in [0.2, 0.25) is 0 Å². The van der Waals surface area contributed by atoms with Gasteiger partial charge in [-0.2, -0.15) is 0 Å². The van der Waals surface area contributed by atoms with E-state index in [4.69, 9.17) is 16.3 Å². The maximum Gasteiger partial charge on any atom is 0.305 e. The normalized spacial score (nSPS) is 10.6. The second-order valence-electron chi connectivity index (χ2n) is 4.99. The number of rotatable bonds is 6. The van der Waals surface area contributed by atoms with Crippen LogP contribution in [-0.2, 0) is 16.0 Å². The Morgan fingerprint density at radius 1 is 1.37 bits per heavy atom. The molecule has 1 aromatic carbocycles. The SMILES string of the molecule is COC(=O)CCc1cc(Cl)c(C)cc1OCC(C)C. The van der Waals surface area contributed by atoms with E-state index in [1.807, 2.05) is 19.1 Å². The minimum Gasteiger partial charge on any atom is -0.493 e. The van der Waals surface area contributed by atoms with Gasteiger partial charge in [-0.25, -0.2) is 0 Å². The second-order valence-corrected chi connectivity index (χ2v) is 5.40. The lowest BCUT2D eigenvalue weighted by Gasteiger charge is -2.14. The van der Waals surface area contributed by atoms with Gasteiger partial charge in [-0.15, -0.1) is 0 Å². The lowest BCUT2D eigenvalue weighted by Crippen LogP contribution is -2.08. The molecule has 0 radical (unpaired) electrons. The topological polar surface area (TPSA) is 35.5 Å². The van der Waals surface area contributed by atoms with Crippen LogP contribution >= 0.6 is 11.6 Å². The zero-order chi connectivity index (χ0) is 14.4. The van der Waals surface area contributed by atoms with Crippen LogP contribution in [0.5, 0.6) is 5.75 Å². The van der Waals surface area contributed by atoms with Gasteiger partial charge >= 0.3 is 5.97 Å². The van der Waals surface area contributed by atoms with Gasteiger partial charge in [-0.3, -0.25) is 4.79 Å². The van der Waals surface area contributed by atoms with E-state index in [0.717, 1.165) is 16.9 Å². The van der Waals surface area contributed by atoms with E-state index in [1.165, 1.54) is 7.11 Å². The fourth-order valence-corrected chi connectivity index (χ4v) is 1.81. The van der Waals surface area contributed by atoms with Gasteiger partial charge in [0.15, 0.2) is 0 Å². The summed E-state index contributed by atoms with van der Waals surface area (Å²) in [6.07, 6.45) is 0.897. The number of aryl methyl sites for hydroxylation is 2. The first kappa shape index (κ1) is 15.8. The lowest BCUT2D eigenvalue weighted by atomic mass is 10.1. The molecule has 0 aromatic heterocycles. The molecule has 0 bridgehead atoms.